The largest absolute Gasteiger partial charge is 0.438 e. The fourth-order valence-corrected chi connectivity index (χ4v) is 2.71. The molecule has 1 aromatic carbocycles. The van der Waals surface area contributed by atoms with E-state index in [1.165, 1.54) is 11.2 Å². The Morgan fingerprint density at radius 2 is 2.00 bits per heavy atom. The van der Waals surface area contributed by atoms with E-state index in [0.29, 0.717) is 11.6 Å². The van der Waals surface area contributed by atoms with E-state index in [-0.39, 0.29) is 0 Å². The fourth-order valence-electron chi connectivity index (χ4n) is 1.79. The van der Waals surface area contributed by atoms with Gasteiger partial charge >= 0.3 is 0 Å². The van der Waals surface area contributed by atoms with Crippen LogP contribution in [0.4, 0.5) is 5.69 Å². The molecular formula is C14H13N3OS. The van der Waals surface area contributed by atoms with E-state index in [1.54, 1.807) is 23.5 Å². The Morgan fingerprint density at radius 3 is 2.74 bits per heavy atom. The Labute approximate surface area is 114 Å². The minimum Gasteiger partial charge on any atom is -0.438 e. The lowest BCUT2D eigenvalue weighted by Gasteiger charge is -2.05. The lowest BCUT2D eigenvalue weighted by Crippen LogP contribution is -1.90. The van der Waals surface area contributed by atoms with Gasteiger partial charge in [0.2, 0.25) is 5.88 Å². The molecular weight excluding hydrogens is 258 g/mol. The Bertz CT molecular complexity index is 706. The van der Waals surface area contributed by atoms with Gasteiger partial charge in [-0.3, -0.25) is 0 Å². The smallest absolute Gasteiger partial charge is 0.231 e. The molecule has 0 bridgehead atoms. The average molecular weight is 271 g/mol. The van der Waals surface area contributed by atoms with Crippen LogP contribution in [-0.4, -0.2) is 9.97 Å². The van der Waals surface area contributed by atoms with Crippen LogP contribution >= 0.6 is 11.3 Å². The molecule has 0 atom stereocenters. The molecule has 0 fully saturated rings. The number of hydrogen-bond acceptors (Lipinski definition) is 5. The molecule has 3 rings (SSSR count). The molecule has 19 heavy (non-hydrogen) atoms. The van der Waals surface area contributed by atoms with E-state index in [4.69, 9.17) is 10.5 Å². The molecule has 0 saturated heterocycles. The monoisotopic (exact) mass is 271 g/mol. The summed E-state index contributed by atoms with van der Waals surface area (Å²) >= 11 is 1.67. The lowest BCUT2D eigenvalue weighted by atomic mass is 10.3. The van der Waals surface area contributed by atoms with E-state index >= 15 is 0 Å². The predicted molar refractivity (Wildman–Crippen MR) is 77.7 cm³/mol. The molecule has 2 heterocycles. The van der Waals surface area contributed by atoms with Gasteiger partial charge in [0.25, 0.3) is 0 Å². The second kappa shape index (κ2) is 4.85. The lowest BCUT2D eigenvalue weighted by molar-refractivity contribution is 0.468. The van der Waals surface area contributed by atoms with Gasteiger partial charge in [-0.1, -0.05) is 6.92 Å². The molecule has 4 nitrogen and oxygen atoms in total. The van der Waals surface area contributed by atoms with Crippen LogP contribution in [0.2, 0.25) is 0 Å². The number of thiophene rings is 1. The zero-order valence-corrected chi connectivity index (χ0v) is 11.3. The number of fused-ring (bicyclic) bond motifs is 1. The van der Waals surface area contributed by atoms with E-state index in [9.17, 15) is 0 Å². The van der Waals surface area contributed by atoms with E-state index in [2.05, 4.69) is 23.0 Å². The van der Waals surface area contributed by atoms with E-state index in [0.717, 1.165) is 22.4 Å². The first-order valence-corrected chi connectivity index (χ1v) is 6.84. The summed E-state index contributed by atoms with van der Waals surface area (Å²) in [6, 6.07) is 9.36. The summed E-state index contributed by atoms with van der Waals surface area (Å²) < 4.78 is 5.80. The summed E-state index contributed by atoms with van der Waals surface area (Å²) in [6.07, 6.45) is 2.52. The van der Waals surface area contributed by atoms with Crippen LogP contribution in [-0.2, 0) is 6.42 Å². The van der Waals surface area contributed by atoms with Gasteiger partial charge in [-0.15, -0.1) is 11.3 Å². The van der Waals surface area contributed by atoms with Crippen LogP contribution in [0, 0.1) is 0 Å². The quantitative estimate of drug-likeness (QED) is 0.739. The molecule has 0 aliphatic carbocycles. The minimum atomic E-state index is 0.589. The molecule has 0 saturated carbocycles. The van der Waals surface area contributed by atoms with Gasteiger partial charge in [-0.2, -0.15) is 0 Å². The first kappa shape index (κ1) is 11.9. The summed E-state index contributed by atoms with van der Waals surface area (Å²) in [5, 5.41) is 0.959. The summed E-state index contributed by atoms with van der Waals surface area (Å²) in [7, 11) is 0. The second-order valence-corrected chi connectivity index (χ2v) is 5.25. The third-order valence-corrected chi connectivity index (χ3v) is 3.97. The van der Waals surface area contributed by atoms with Crippen molar-refractivity contribution in [1.82, 2.24) is 9.97 Å². The average Bonchev–Trinajstić information content (AvgIpc) is 2.85. The number of hydrogen-bond donors (Lipinski definition) is 1. The Morgan fingerprint density at radius 1 is 1.21 bits per heavy atom. The third-order valence-electron chi connectivity index (χ3n) is 2.79. The van der Waals surface area contributed by atoms with Crippen molar-refractivity contribution in [3.05, 3.63) is 41.5 Å². The third kappa shape index (κ3) is 2.37. The molecule has 3 aromatic rings. The van der Waals surface area contributed by atoms with Gasteiger partial charge in [-0.05, 0) is 36.8 Å². The van der Waals surface area contributed by atoms with Crippen molar-refractivity contribution in [2.45, 2.75) is 13.3 Å². The zero-order valence-electron chi connectivity index (χ0n) is 10.5. The highest BCUT2D eigenvalue weighted by molar-refractivity contribution is 7.18. The Balaban J connectivity index is 2.00. The molecule has 0 radical (unpaired) electrons. The van der Waals surface area contributed by atoms with Gasteiger partial charge in [0, 0.05) is 10.6 Å². The number of nitrogens with two attached hydrogens (primary N) is 1. The van der Waals surface area contributed by atoms with Crippen LogP contribution in [0.5, 0.6) is 11.6 Å². The molecule has 0 aliphatic rings. The van der Waals surface area contributed by atoms with E-state index < -0.39 is 0 Å². The van der Waals surface area contributed by atoms with Crippen molar-refractivity contribution >= 4 is 27.2 Å². The maximum Gasteiger partial charge on any atom is 0.231 e. The number of anilines is 1. The number of nitrogens with zero attached hydrogens (tertiary/aromatic N) is 2. The molecule has 2 aromatic heterocycles. The highest BCUT2D eigenvalue weighted by Gasteiger charge is 2.09. The first-order chi connectivity index (χ1) is 9.26. The van der Waals surface area contributed by atoms with Gasteiger partial charge in [-0.25, -0.2) is 9.97 Å². The van der Waals surface area contributed by atoms with Crippen LogP contribution in [0.3, 0.4) is 0 Å². The standard InChI is InChI=1S/C14H13N3OS/c1-2-11-7-12-13(16-8-17-14(12)19-11)18-10-5-3-9(15)4-6-10/h3-8H,2,15H2,1H3. The fraction of sp³-hybridized carbons (Fsp3) is 0.143. The van der Waals surface area contributed by atoms with Crippen molar-refractivity contribution < 1.29 is 4.74 Å². The molecule has 0 amide bonds. The maximum absolute atomic E-state index is 5.80. The highest BCUT2D eigenvalue weighted by atomic mass is 32.1. The number of aromatic nitrogens is 2. The maximum atomic E-state index is 5.80. The van der Waals surface area contributed by atoms with Crippen molar-refractivity contribution in [2.24, 2.45) is 0 Å². The number of benzene rings is 1. The van der Waals surface area contributed by atoms with Crippen molar-refractivity contribution in [1.29, 1.82) is 0 Å². The zero-order chi connectivity index (χ0) is 13.2. The number of ether oxygens (including phenoxy) is 1. The first-order valence-electron chi connectivity index (χ1n) is 6.03. The summed E-state index contributed by atoms with van der Waals surface area (Å²) in [5.41, 5.74) is 6.36. The summed E-state index contributed by atoms with van der Waals surface area (Å²) in [5.74, 6) is 1.31. The van der Waals surface area contributed by atoms with E-state index in [1.807, 2.05) is 12.1 Å². The van der Waals surface area contributed by atoms with Crippen LogP contribution in [0.15, 0.2) is 36.7 Å². The van der Waals surface area contributed by atoms with Crippen LogP contribution < -0.4 is 10.5 Å². The van der Waals surface area contributed by atoms with Crippen molar-refractivity contribution in [3.63, 3.8) is 0 Å². The molecule has 0 spiro atoms. The van der Waals surface area contributed by atoms with Gasteiger partial charge < -0.3 is 10.5 Å². The van der Waals surface area contributed by atoms with Gasteiger partial charge in [0.1, 0.15) is 16.9 Å². The minimum absolute atomic E-state index is 0.589. The van der Waals surface area contributed by atoms with Crippen molar-refractivity contribution in [2.75, 3.05) is 5.73 Å². The normalized spacial score (nSPS) is 10.8. The molecule has 96 valence electrons. The Kier molecular flexibility index (Phi) is 3.05. The van der Waals surface area contributed by atoms with Crippen LogP contribution in [0.1, 0.15) is 11.8 Å². The molecule has 5 heteroatoms. The van der Waals surface area contributed by atoms with Gasteiger partial charge in [0.15, 0.2) is 0 Å². The second-order valence-electron chi connectivity index (χ2n) is 4.14. The topological polar surface area (TPSA) is 61.0 Å². The predicted octanol–water partition coefficient (Wildman–Crippen LogP) is 3.63. The molecule has 2 N–H and O–H groups in total. The SMILES string of the molecule is CCc1cc2c(Oc3ccc(N)cc3)ncnc2s1. The number of rotatable bonds is 3. The summed E-state index contributed by atoms with van der Waals surface area (Å²) in [6.45, 7) is 2.12. The van der Waals surface area contributed by atoms with Crippen LogP contribution in [0.25, 0.3) is 10.2 Å². The molecule has 0 unspecified atom stereocenters. The summed E-state index contributed by atoms with van der Waals surface area (Å²) in [4.78, 5) is 10.7. The highest BCUT2D eigenvalue weighted by Crippen LogP contribution is 2.32. The Hall–Kier alpha value is -2.14. The molecule has 0 aliphatic heterocycles. The number of aryl methyl sites for hydroxylation is 1. The van der Waals surface area contributed by atoms with Crippen molar-refractivity contribution in [3.8, 4) is 11.6 Å². The van der Waals surface area contributed by atoms with Gasteiger partial charge in [0.05, 0.1) is 5.39 Å². The number of nitrogen functional groups attached to an aromatic ring is 1.